The van der Waals surface area contributed by atoms with Crippen LogP contribution in [0.2, 0.25) is 0 Å². The number of fused-ring (bicyclic) bond motifs is 4. The smallest absolute Gasteiger partial charge is 0.332 e. The lowest BCUT2D eigenvalue weighted by molar-refractivity contribution is -0.120. The van der Waals surface area contributed by atoms with Crippen molar-refractivity contribution < 1.29 is 19.1 Å². The predicted octanol–water partition coefficient (Wildman–Crippen LogP) is 6.47. The van der Waals surface area contributed by atoms with Crippen LogP contribution in [0, 0.1) is 0 Å². The number of urea groups is 1. The number of nitrogens with zero attached hydrogens (tertiary/aromatic N) is 2. The molecule has 4 aromatic carbocycles. The van der Waals surface area contributed by atoms with Crippen molar-refractivity contribution in [3.05, 3.63) is 125 Å². The quantitative estimate of drug-likeness (QED) is 0.229. The fourth-order valence-corrected chi connectivity index (χ4v) is 6.31. The van der Waals surface area contributed by atoms with Gasteiger partial charge in [-0.25, -0.2) is 9.69 Å². The summed E-state index contributed by atoms with van der Waals surface area (Å²) >= 11 is 0. The van der Waals surface area contributed by atoms with E-state index < -0.39 is 24.0 Å². The first-order valence-electron chi connectivity index (χ1n) is 14.4. The average molecular weight is 571 g/mol. The maximum absolute atomic E-state index is 14.3. The number of imide groups is 1. The Bertz CT molecular complexity index is 1880. The van der Waals surface area contributed by atoms with Crippen molar-refractivity contribution in [2.24, 2.45) is 0 Å². The van der Waals surface area contributed by atoms with E-state index in [1.165, 1.54) is 4.90 Å². The molecule has 3 heterocycles. The lowest BCUT2D eigenvalue weighted by Crippen LogP contribution is -2.44. The maximum Gasteiger partial charge on any atom is 0.332 e. The zero-order valence-electron chi connectivity index (χ0n) is 23.8. The number of aromatic amines is 1. The SMILES string of the molecule is CCc1ccc(NC(=O)c2ccccc2N2C(=O)[C@@H]3Cc4c([nH]c5ccccc45)[C@@H](c4ccc(OC)cc4)N3C2=O)cc1. The molecule has 0 aliphatic carbocycles. The number of carbonyl (C=O) groups excluding carboxylic acids is 3. The molecule has 43 heavy (non-hydrogen) atoms. The standard InChI is InChI=1S/C35H30N4O4/c1-3-21-12-16-23(17-13-21)36-33(40)26-9-5-7-11-29(26)39-34(41)30-20-27-25-8-4-6-10-28(25)37-31(27)32(38(30)35(39)42)22-14-18-24(43-2)19-15-22/h4-19,30,32,37H,3,20H2,1-2H3,(H,36,40)/t30-,32+/m0/s1. The van der Waals surface area contributed by atoms with Gasteiger partial charge in [-0.1, -0.05) is 61.5 Å². The highest BCUT2D eigenvalue weighted by Crippen LogP contribution is 2.45. The van der Waals surface area contributed by atoms with Crippen LogP contribution in [0.25, 0.3) is 10.9 Å². The Kier molecular flexibility index (Phi) is 6.46. The fraction of sp³-hybridized carbons (Fsp3) is 0.171. The number of amides is 4. The van der Waals surface area contributed by atoms with E-state index in [9.17, 15) is 14.4 Å². The zero-order chi connectivity index (χ0) is 29.7. The van der Waals surface area contributed by atoms with Crippen LogP contribution in [0.1, 0.15) is 45.7 Å². The minimum Gasteiger partial charge on any atom is -0.497 e. The summed E-state index contributed by atoms with van der Waals surface area (Å²) in [5.74, 6) is -0.0528. The second kappa shape index (κ2) is 10.5. The number of aromatic nitrogens is 1. The summed E-state index contributed by atoms with van der Waals surface area (Å²) < 4.78 is 5.37. The molecule has 2 aliphatic rings. The molecule has 0 radical (unpaired) electrons. The van der Waals surface area contributed by atoms with Crippen LogP contribution in [0.5, 0.6) is 5.75 Å². The first-order valence-corrected chi connectivity index (χ1v) is 14.4. The van der Waals surface area contributed by atoms with Gasteiger partial charge in [0.25, 0.3) is 11.8 Å². The Morgan fingerprint density at radius 2 is 1.65 bits per heavy atom. The average Bonchev–Trinajstić information content (AvgIpc) is 3.54. The molecule has 2 N–H and O–H groups in total. The van der Waals surface area contributed by atoms with Crippen LogP contribution in [-0.2, 0) is 17.6 Å². The largest absolute Gasteiger partial charge is 0.497 e. The van der Waals surface area contributed by atoms with Crippen molar-refractivity contribution in [2.75, 3.05) is 17.3 Å². The minimum absolute atomic E-state index is 0.244. The summed E-state index contributed by atoms with van der Waals surface area (Å²) in [5.41, 5.74) is 6.01. The summed E-state index contributed by atoms with van der Waals surface area (Å²) in [4.78, 5) is 48.4. The van der Waals surface area contributed by atoms with Gasteiger partial charge in [0.2, 0.25) is 0 Å². The van der Waals surface area contributed by atoms with E-state index in [-0.39, 0.29) is 17.2 Å². The highest BCUT2D eigenvalue weighted by molar-refractivity contribution is 6.24. The number of benzene rings is 4. The molecule has 1 saturated heterocycles. The summed E-state index contributed by atoms with van der Waals surface area (Å²) in [6, 6.07) is 28.2. The molecule has 8 heteroatoms. The van der Waals surface area contributed by atoms with Gasteiger partial charge in [-0.2, -0.15) is 0 Å². The van der Waals surface area contributed by atoms with E-state index in [2.05, 4.69) is 17.2 Å². The topological polar surface area (TPSA) is 94.7 Å². The van der Waals surface area contributed by atoms with Crippen LogP contribution in [0.3, 0.4) is 0 Å². The Balaban J connectivity index is 1.29. The summed E-state index contributed by atoms with van der Waals surface area (Å²) in [6.07, 6.45) is 1.26. The van der Waals surface area contributed by atoms with Crippen molar-refractivity contribution in [1.82, 2.24) is 9.88 Å². The third-order valence-electron chi connectivity index (χ3n) is 8.49. The molecule has 8 nitrogen and oxygen atoms in total. The monoisotopic (exact) mass is 570 g/mol. The molecule has 1 aromatic heterocycles. The molecular formula is C35H30N4O4. The Morgan fingerprint density at radius 1 is 0.930 bits per heavy atom. The van der Waals surface area contributed by atoms with E-state index in [1.54, 1.807) is 36.3 Å². The number of hydrogen-bond donors (Lipinski definition) is 2. The number of rotatable bonds is 6. The Hall–Kier alpha value is -5.37. The lowest BCUT2D eigenvalue weighted by atomic mass is 9.89. The van der Waals surface area contributed by atoms with Gasteiger partial charge in [0, 0.05) is 28.7 Å². The fourth-order valence-electron chi connectivity index (χ4n) is 6.31. The molecule has 1 fully saturated rings. The highest BCUT2D eigenvalue weighted by Gasteiger charge is 2.53. The molecule has 4 amide bonds. The number of para-hydroxylation sites is 2. The van der Waals surface area contributed by atoms with Crippen molar-refractivity contribution in [2.45, 2.75) is 31.8 Å². The number of H-pyrrole nitrogens is 1. The molecule has 214 valence electrons. The molecule has 5 aromatic rings. The lowest BCUT2D eigenvalue weighted by Gasteiger charge is -2.36. The normalized spacial score (nSPS) is 17.6. The molecule has 2 aliphatic heterocycles. The van der Waals surface area contributed by atoms with Gasteiger partial charge in [0.1, 0.15) is 17.8 Å². The van der Waals surface area contributed by atoms with Crippen LogP contribution in [0.15, 0.2) is 97.1 Å². The van der Waals surface area contributed by atoms with Gasteiger partial charge in [0.15, 0.2) is 0 Å². The van der Waals surface area contributed by atoms with Crippen LogP contribution in [0.4, 0.5) is 16.2 Å². The van der Waals surface area contributed by atoms with E-state index in [0.717, 1.165) is 39.7 Å². The third-order valence-corrected chi connectivity index (χ3v) is 8.49. The van der Waals surface area contributed by atoms with Crippen molar-refractivity contribution in [3.8, 4) is 5.75 Å². The number of methoxy groups -OCH3 is 1. The van der Waals surface area contributed by atoms with E-state index in [0.29, 0.717) is 17.9 Å². The van der Waals surface area contributed by atoms with Gasteiger partial charge < -0.3 is 15.0 Å². The third kappa shape index (κ3) is 4.34. The number of carbonyl (C=O) groups is 3. The van der Waals surface area contributed by atoms with Gasteiger partial charge in [-0.15, -0.1) is 0 Å². The van der Waals surface area contributed by atoms with Gasteiger partial charge in [-0.3, -0.25) is 14.5 Å². The number of ether oxygens (including phenoxy) is 1. The van der Waals surface area contributed by atoms with Gasteiger partial charge in [0.05, 0.1) is 18.4 Å². The van der Waals surface area contributed by atoms with Crippen molar-refractivity contribution in [1.29, 1.82) is 0 Å². The van der Waals surface area contributed by atoms with Crippen molar-refractivity contribution in [3.63, 3.8) is 0 Å². The van der Waals surface area contributed by atoms with E-state index in [4.69, 9.17) is 4.74 Å². The number of aryl methyl sites for hydroxylation is 1. The number of anilines is 2. The van der Waals surface area contributed by atoms with E-state index >= 15 is 0 Å². The van der Waals surface area contributed by atoms with E-state index in [1.807, 2.05) is 72.8 Å². The van der Waals surface area contributed by atoms with Gasteiger partial charge in [-0.05, 0) is 65.6 Å². The molecule has 0 bridgehead atoms. The molecule has 7 rings (SSSR count). The van der Waals surface area contributed by atoms with Crippen LogP contribution in [-0.4, -0.2) is 40.9 Å². The number of nitrogens with one attached hydrogen (secondary N) is 2. The maximum atomic E-state index is 14.3. The van der Waals surface area contributed by atoms with Crippen molar-refractivity contribution >= 4 is 40.1 Å². The summed E-state index contributed by atoms with van der Waals surface area (Å²) in [7, 11) is 1.61. The van der Waals surface area contributed by atoms with Crippen LogP contribution < -0.4 is 15.0 Å². The minimum atomic E-state index is -0.732. The van der Waals surface area contributed by atoms with Crippen LogP contribution >= 0.6 is 0 Å². The first kappa shape index (κ1) is 26.5. The first-order chi connectivity index (χ1) is 21.0. The summed E-state index contributed by atoms with van der Waals surface area (Å²) in [5, 5.41) is 3.95. The number of hydrogen-bond acceptors (Lipinski definition) is 4. The molecule has 0 saturated carbocycles. The molecule has 0 spiro atoms. The molecular weight excluding hydrogens is 540 g/mol. The zero-order valence-corrected chi connectivity index (χ0v) is 23.8. The Labute approximate surface area is 248 Å². The summed E-state index contributed by atoms with van der Waals surface area (Å²) in [6.45, 7) is 2.07. The second-order valence-electron chi connectivity index (χ2n) is 10.8. The highest BCUT2D eigenvalue weighted by atomic mass is 16.5. The second-order valence-corrected chi connectivity index (χ2v) is 10.8. The molecule has 0 unspecified atom stereocenters. The Morgan fingerprint density at radius 3 is 2.40 bits per heavy atom. The van der Waals surface area contributed by atoms with Gasteiger partial charge >= 0.3 is 6.03 Å². The predicted molar refractivity (Wildman–Crippen MR) is 166 cm³/mol. The molecule has 2 atom stereocenters.